The highest BCUT2D eigenvalue weighted by Gasteiger charge is 2.36. The predicted molar refractivity (Wildman–Crippen MR) is 235 cm³/mol. The van der Waals surface area contributed by atoms with E-state index in [9.17, 15) is 23.8 Å². The van der Waals surface area contributed by atoms with Crippen LogP contribution in [-0.4, -0.2) is 72.1 Å². The second-order valence-corrected chi connectivity index (χ2v) is 17.4. The van der Waals surface area contributed by atoms with Gasteiger partial charge >= 0.3 is 25.7 Å². The lowest BCUT2D eigenvalue weighted by molar-refractivity contribution is -0.161. The number of nitrogens with two attached hydrogens (primary N) is 1. The number of phosphoric ester groups is 1. The van der Waals surface area contributed by atoms with Crippen molar-refractivity contribution in [1.82, 2.24) is 0 Å². The van der Waals surface area contributed by atoms with Crippen LogP contribution >= 0.6 is 7.82 Å². The van der Waals surface area contributed by atoms with Crippen molar-refractivity contribution in [3.8, 4) is 0 Å². The Hall–Kier alpha value is -2.34. The average Bonchev–Trinajstić information content (AvgIpc) is 3.97. The summed E-state index contributed by atoms with van der Waals surface area (Å²) in [4.78, 5) is 46.0. The number of phosphoric acid groups is 1. The summed E-state index contributed by atoms with van der Waals surface area (Å²) in [5.74, 6) is -2.45. The molecular weight excluding hydrogens is 773 g/mol. The van der Waals surface area contributed by atoms with Crippen LogP contribution in [0.15, 0.2) is 36.5 Å². The van der Waals surface area contributed by atoms with Gasteiger partial charge < -0.3 is 29.9 Å². The van der Waals surface area contributed by atoms with Crippen molar-refractivity contribution in [2.24, 2.45) is 5.73 Å². The van der Waals surface area contributed by atoms with Crippen LogP contribution in [0.25, 0.3) is 0 Å². The van der Waals surface area contributed by atoms with E-state index in [0.717, 1.165) is 44.9 Å². The van der Waals surface area contributed by atoms with Crippen LogP contribution in [0.3, 0.4) is 0 Å². The fourth-order valence-corrected chi connectivity index (χ4v) is 7.29. The van der Waals surface area contributed by atoms with E-state index < -0.39 is 51.1 Å². The molecular formula is C46H82NO11P. The summed E-state index contributed by atoms with van der Waals surface area (Å²) in [7, 11) is -4.73. The van der Waals surface area contributed by atoms with Gasteiger partial charge in [-0.3, -0.25) is 23.4 Å². The molecule has 1 aliphatic heterocycles. The SMILES string of the molecule is CCCCC/C=C\CC1OC1C/C=C\C/C=C\CCCC(=O)OC[C@H](COP(=O)(O)OC[C@H](N)C(=O)O)OC(=O)CCCCCCCCCCCCCCCCCCC. The maximum absolute atomic E-state index is 12.7. The molecule has 0 radical (unpaired) electrons. The van der Waals surface area contributed by atoms with Gasteiger partial charge in [0.25, 0.3) is 0 Å². The van der Waals surface area contributed by atoms with Crippen LogP contribution in [-0.2, 0) is 42.2 Å². The molecule has 1 saturated heterocycles. The van der Waals surface area contributed by atoms with Gasteiger partial charge in [-0.25, -0.2) is 4.57 Å². The fraction of sp³-hybridized carbons (Fsp3) is 0.804. The smallest absolute Gasteiger partial charge is 0.472 e. The highest BCUT2D eigenvalue weighted by Crippen LogP contribution is 2.43. The summed E-state index contributed by atoms with van der Waals surface area (Å²) in [5, 5.41) is 8.90. The van der Waals surface area contributed by atoms with Crippen molar-refractivity contribution in [3.05, 3.63) is 36.5 Å². The maximum Gasteiger partial charge on any atom is 0.472 e. The van der Waals surface area contributed by atoms with Crippen molar-refractivity contribution in [1.29, 1.82) is 0 Å². The van der Waals surface area contributed by atoms with Gasteiger partial charge in [-0.2, -0.15) is 0 Å². The number of hydrogen-bond acceptors (Lipinski definition) is 10. The number of aliphatic carboxylic acids is 1. The molecule has 0 saturated carbocycles. The number of carboxylic acids is 1. The van der Waals surface area contributed by atoms with Gasteiger partial charge in [0.2, 0.25) is 0 Å². The molecule has 0 aromatic heterocycles. The Balaban J connectivity index is 2.29. The molecule has 5 atom stereocenters. The summed E-state index contributed by atoms with van der Waals surface area (Å²) < 4.78 is 38.4. The van der Waals surface area contributed by atoms with Crippen LogP contribution in [0.1, 0.15) is 194 Å². The first kappa shape index (κ1) is 54.7. The zero-order valence-electron chi connectivity index (χ0n) is 36.8. The Morgan fingerprint density at radius 3 is 1.64 bits per heavy atom. The van der Waals surface area contributed by atoms with Crippen molar-refractivity contribution in [2.45, 2.75) is 218 Å². The Kier molecular flexibility index (Phi) is 34.7. The highest BCUT2D eigenvalue weighted by molar-refractivity contribution is 7.47. The minimum absolute atomic E-state index is 0.142. The average molecular weight is 856 g/mol. The second-order valence-electron chi connectivity index (χ2n) is 15.9. The quantitative estimate of drug-likeness (QED) is 0.0174. The molecule has 0 aliphatic carbocycles. The van der Waals surface area contributed by atoms with Crippen LogP contribution in [0.5, 0.6) is 0 Å². The topological polar surface area (TPSA) is 184 Å². The minimum atomic E-state index is -4.73. The number of ether oxygens (including phenoxy) is 3. The Labute approximate surface area is 357 Å². The molecule has 3 unspecified atom stereocenters. The van der Waals surface area contributed by atoms with Crippen molar-refractivity contribution in [3.63, 3.8) is 0 Å². The van der Waals surface area contributed by atoms with Crippen LogP contribution in [0, 0.1) is 0 Å². The summed E-state index contributed by atoms with van der Waals surface area (Å²) in [6.45, 7) is 2.73. The monoisotopic (exact) mass is 856 g/mol. The molecule has 1 rings (SSSR count). The number of carbonyl (C=O) groups excluding carboxylic acids is 2. The maximum atomic E-state index is 12.7. The summed E-state index contributed by atoms with van der Waals surface area (Å²) in [5.41, 5.74) is 5.34. The van der Waals surface area contributed by atoms with Crippen LogP contribution in [0.4, 0.5) is 0 Å². The van der Waals surface area contributed by atoms with E-state index in [-0.39, 0.29) is 19.4 Å². The van der Waals surface area contributed by atoms with Crippen LogP contribution < -0.4 is 5.73 Å². The molecule has 12 nitrogen and oxygen atoms in total. The zero-order chi connectivity index (χ0) is 43.2. The lowest BCUT2D eigenvalue weighted by Crippen LogP contribution is -2.34. The third kappa shape index (κ3) is 35.0. The van der Waals surface area contributed by atoms with Crippen molar-refractivity contribution >= 4 is 25.7 Å². The molecule has 1 heterocycles. The highest BCUT2D eigenvalue weighted by atomic mass is 31.2. The lowest BCUT2D eigenvalue weighted by Gasteiger charge is -2.20. The molecule has 13 heteroatoms. The molecule has 1 aliphatic rings. The standard InChI is InChI=1S/C46H82NO11P/c1-3-5-7-9-11-12-13-14-15-16-17-18-19-20-23-28-32-36-45(49)57-40(38-55-59(52,53)56-39-41(47)46(50)51)37-54-44(48)35-31-27-24-21-22-26-30-34-43-42(58-43)33-29-25-10-8-6-4-2/h21,24-26,29-30,40-43H,3-20,22-23,27-28,31-39,47H2,1-2H3,(H,50,51)(H,52,53)/b24-21-,29-25-,30-26-/t40-,41+,42?,43?/m1/s1. The predicted octanol–water partition coefficient (Wildman–Crippen LogP) is 11.4. The number of esters is 2. The first-order valence-electron chi connectivity index (χ1n) is 23.1. The Bertz CT molecular complexity index is 1210. The molecule has 1 fully saturated rings. The number of allylic oxidation sites excluding steroid dienone is 4. The number of carbonyl (C=O) groups is 3. The molecule has 0 aromatic carbocycles. The van der Waals surface area contributed by atoms with Gasteiger partial charge in [0.15, 0.2) is 6.10 Å². The van der Waals surface area contributed by atoms with E-state index in [0.29, 0.717) is 31.5 Å². The Morgan fingerprint density at radius 1 is 0.610 bits per heavy atom. The largest absolute Gasteiger partial charge is 0.480 e. The van der Waals surface area contributed by atoms with Gasteiger partial charge in [-0.1, -0.05) is 166 Å². The molecule has 0 amide bonds. The van der Waals surface area contributed by atoms with Gasteiger partial charge in [-0.15, -0.1) is 0 Å². The normalized spacial score (nSPS) is 17.4. The first-order chi connectivity index (χ1) is 28.6. The van der Waals surface area contributed by atoms with Gasteiger partial charge in [0.1, 0.15) is 12.6 Å². The van der Waals surface area contributed by atoms with Crippen molar-refractivity contribution < 1.29 is 52.2 Å². The van der Waals surface area contributed by atoms with Gasteiger partial charge in [0, 0.05) is 12.8 Å². The first-order valence-corrected chi connectivity index (χ1v) is 24.6. The van der Waals surface area contributed by atoms with E-state index in [4.69, 9.17) is 29.6 Å². The van der Waals surface area contributed by atoms with E-state index in [1.54, 1.807) is 0 Å². The van der Waals surface area contributed by atoms with E-state index in [2.05, 4.69) is 48.8 Å². The number of epoxide rings is 1. The van der Waals surface area contributed by atoms with E-state index >= 15 is 0 Å². The zero-order valence-corrected chi connectivity index (χ0v) is 37.7. The third-order valence-electron chi connectivity index (χ3n) is 10.3. The number of carboxylic acid groups (broad SMARTS) is 1. The fourth-order valence-electron chi connectivity index (χ4n) is 6.51. The third-order valence-corrected chi connectivity index (χ3v) is 11.2. The molecule has 0 spiro atoms. The number of hydrogen-bond donors (Lipinski definition) is 3. The summed E-state index contributed by atoms with van der Waals surface area (Å²) >= 11 is 0. The lowest BCUT2D eigenvalue weighted by atomic mass is 10.0. The van der Waals surface area contributed by atoms with E-state index in [1.807, 2.05) is 6.08 Å². The summed E-state index contributed by atoms with van der Waals surface area (Å²) in [6, 6.07) is -1.53. The molecule has 0 aromatic rings. The van der Waals surface area contributed by atoms with Crippen LogP contribution in [0.2, 0.25) is 0 Å². The minimum Gasteiger partial charge on any atom is -0.480 e. The molecule has 4 N–H and O–H groups in total. The molecule has 59 heavy (non-hydrogen) atoms. The number of unbranched alkanes of at least 4 members (excludes halogenated alkanes) is 20. The molecule has 342 valence electrons. The number of rotatable bonds is 42. The van der Waals surface area contributed by atoms with Gasteiger partial charge in [-0.05, 0) is 51.4 Å². The Morgan fingerprint density at radius 2 is 1.07 bits per heavy atom. The second kappa shape index (κ2) is 37.4. The summed E-state index contributed by atoms with van der Waals surface area (Å²) in [6.07, 6.45) is 42.4. The molecule has 0 bridgehead atoms. The van der Waals surface area contributed by atoms with Crippen molar-refractivity contribution in [2.75, 3.05) is 19.8 Å². The van der Waals surface area contributed by atoms with E-state index in [1.165, 1.54) is 103 Å². The van der Waals surface area contributed by atoms with Gasteiger partial charge in [0.05, 0.1) is 25.4 Å².